The van der Waals surface area contributed by atoms with Crippen molar-refractivity contribution in [2.45, 2.75) is 6.18 Å². The van der Waals surface area contributed by atoms with Gasteiger partial charge in [-0.15, -0.1) is 0 Å². The van der Waals surface area contributed by atoms with Crippen molar-refractivity contribution in [3.05, 3.63) is 43.0 Å². The Kier molecular flexibility index (Phi) is 4.63. The average Bonchev–Trinajstić information content (AvgIpc) is 2.34. The molecule has 106 valence electrons. The van der Waals surface area contributed by atoms with E-state index in [-0.39, 0.29) is 26.2 Å². The van der Waals surface area contributed by atoms with Crippen molar-refractivity contribution >= 4 is 55.1 Å². The molecule has 0 aliphatic rings. The largest absolute Gasteiger partial charge is 0.417 e. The van der Waals surface area contributed by atoms with Crippen molar-refractivity contribution in [1.82, 2.24) is 9.97 Å². The van der Waals surface area contributed by atoms with Crippen molar-refractivity contribution in [2.24, 2.45) is 0 Å². The topological polar surface area (TPSA) is 25.8 Å². The fourth-order valence-corrected chi connectivity index (χ4v) is 2.39. The monoisotopic (exact) mass is 448 g/mol. The molecule has 2 aromatic rings. The van der Waals surface area contributed by atoms with Crippen molar-refractivity contribution in [3.63, 3.8) is 0 Å². The van der Waals surface area contributed by atoms with Gasteiger partial charge in [0.2, 0.25) is 0 Å². The lowest BCUT2D eigenvalue weighted by Crippen LogP contribution is -2.08. The number of hydrogen-bond acceptors (Lipinski definition) is 2. The van der Waals surface area contributed by atoms with Gasteiger partial charge in [-0.05, 0) is 34.1 Å². The SMILES string of the molecule is FC(F)(F)c1cc(Br)ccc1-c1nc(Cl)c(Br)c(Cl)n1. The summed E-state index contributed by atoms with van der Waals surface area (Å²) >= 11 is 17.6. The van der Waals surface area contributed by atoms with Crippen LogP contribution in [0.1, 0.15) is 5.56 Å². The molecule has 0 aliphatic heterocycles. The first-order chi connectivity index (χ1) is 9.20. The van der Waals surface area contributed by atoms with Gasteiger partial charge in [0.05, 0.1) is 10.0 Å². The van der Waals surface area contributed by atoms with Gasteiger partial charge in [0, 0.05) is 10.0 Å². The van der Waals surface area contributed by atoms with Crippen LogP contribution in [0.25, 0.3) is 11.4 Å². The third-order valence-electron chi connectivity index (χ3n) is 2.30. The molecule has 0 atom stereocenters. The van der Waals surface area contributed by atoms with Crippen LogP contribution in [0.4, 0.5) is 13.2 Å². The van der Waals surface area contributed by atoms with E-state index < -0.39 is 11.7 Å². The lowest BCUT2D eigenvalue weighted by molar-refractivity contribution is -0.137. The predicted molar refractivity (Wildman–Crippen MR) is 77.9 cm³/mol. The van der Waals surface area contributed by atoms with E-state index in [2.05, 4.69) is 41.8 Å². The van der Waals surface area contributed by atoms with Crippen molar-refractivity contribution < 1.29 is 13.2 Å². The molecule has 0 N–H and O–H groups in total. The molecule has 1 aromatic carbocycles. The molecule has 0 bridgehead atoms. The number of nitrogens with zero attached hydrogens (tertiary/aromatic N) is 2. The third-order valence-corrected chi connectivity index (χ3v) is 4.55. The van der Waals surface area contributed by atoms with Crippen LogP contribution in [0, 0.1) is 0 Å². The average molecular weight is 451 g/mol. The smallest absolute Gasteiger partial charge is 0.215 e. The molecule has 1 aromatic heterocycles. The molecular weight excluding hydrogens is 448 g/mol. The zero-order valence-electron chi connectivity index (χ0n) is 9.27. The fraction of sp³-hybridized carbons (Fsp3) is 0.0909. The molecular formula is C11H3Br2Cl2F3N2. The van der Waals surface area contributed by atoms with E-state index in [0.717, 1.165) is 6.07 Å². The summed E-state index contributed by atoms with van der Waals surface area (Å²) in [5.74, 6) is -0.192. The molecule has 0 fully saturated rings. The van der Waals surface area contributed by atoms with Crippen LogP contribution in [0.15, 0.2) is 27.1 Å². The number of aromatic nitrogens is 2. The van der Waals surface area contributed by atoms with Gasteiger partial charge in [0.15, 0.2) is 5.82 Å². The molecule has 20 heavy (non-hydrogen) atoms. The summed E-state index contributed by atoms with van der Waals surface area (Å²) in [5.41, 5.74) is -1.07. The summed E-state index contributed by atoms with van der Waals surface area (Å²) in [6.07, 6.45) is -4.55. The Balaban J connectivity index is 2.70. The van der Waals surface area contributed by atoms with E-state index >= 15 is 0 Å². The third kappa shape index (κ3) is 3.27. The zero-order chi connectivity index (χ0) is 15.1. The fourth-order valence-electron chi connectivity index (χ4n) is 1.46. The van der Waals surface area contributed by atoms with Gasteiger partial charge in [-0.1, -0.05) is 39.1 Å². The summed E-state index contributed by atoms with van der Waals surface area (Å²) in [7, 11) is 0. The second-order valence-corrected chi connectivity index (χ2v) is 6.06. The van der Waals surface area contributed by atoms with Crippen LogP contribution in [0.2, 0.25) is 10.3 Å². The quantitative estimate of drug-likeness (QED) is 0.498. The highest BCUT2D eigenvalue weighted by Gasteiger charge is 2.34. The van der Waals surface area contributed by atoms with Gasteiger partial charge in [0.25, 0.3) is 0 Å². The van der Waals surface area contributed by atoms with Gasteiger partial charge in [-0.25, -0.2) is 9.97 Å². The summed E-state index contributed by atoms with van der Waals surface area (Å²) in [6, 6.07) is 3.66. The minimum absolute atomic E-state index is 0.0592. The maximum absolute atomic E-state index is 13.0. The molecule has 0 spiro atoms. The highest BCUT2D eigenvalue weighted by Crippen LogP contribution is 2.39. The molecule has 0 saturated heterocycles. The predicted octanol–water partition coefficient (Wildman–Crippen LogP) is 5.99. The number of halogens is 7. The van der Waals surface area contributed by atoms with Gasteiger partial charge in [-0.2, -0.15) is 13.2 Å². The maximum atomic E-state index is 13.0. The van der Waals surface area contributed by atoms with Crippen molar-refractivity contribution in [3.8, 4) is 11.4 Å². The summed E-state index contributed by atoms with van der Waals surface area (Å²) in [6.45, 7) is 0. The molecule has 1 heterocycles. The molecule has 2 rings (SSSR count). The number of hydrogen-bond donors (Lipinski definition) is 0. The molecule has 2 nitrogen and oxygen atoms in total. The Hall–Kier alpha value is -0.370. The number of alkyl halides is 3. The van der Waals surface area contributed by atoms with E-state index in [0.29, 0.717) is 4.47 Å². The second-order valence-electron chi connectivity index (χ2n) is 3.63. The Morgan fingerprint density at radius 3 is 2.05 bits per heavy atom. The molecule has 0 aliphatic carbocycles. The van der Waals surface area contributed by atoms with E-state index in [1.807, 2.05) is 0 Å². The minimum atomic E-state index is -4.55. The van der Waals surface area contributed by atoms with Crippen LogP contribution in [0.3, 0.4) is 0 Å². The molecule has 0 unspecified atom stereocenters. The van der Waals surface area contributed by atoms with Crippen LogP contribution in [-0.2, 0) is 6.18 Å². The lowest BCUT2D eigenvalue weighted by atomic mass is 10.1. The Morgan fingerprint density at radius 1 is 1.00 bits per heavy atom. The minimum Gasteiger partial charge on any atom is -0.215 e. The van der Waals surface area contributed by atoms with E-state index in [4.69, 9.17) is 23.2 Å². The van der Waals surface area contributed by atoms with Gasteiger partial charge in [0.1, 0.15) is 10.3 Å². The summed E-state index contributed by atoms with van der Waals surface area (Å²) in [5, 5.41) is -0.118. The van der Waals surface area contributed by atoms with E-state index in [9.17, 15) is 13.2 Å². The van der Waals surface area contributed by atoms with Gasteiger partial charge in [-0.3, -0.25) is 0 Å². The molecule has 9 heteroatoms. The lowest BCUT2D eigenvalue weighted by Gasteiger charge is -2.13. The highest BCUT2D eigenvalue weighted by molar-refractivity contribution is 9.10. The van der Waals surface area contributed by atoms with Crippen LogP contribution < -0.4 is 0 Å². The Morgan fingerprint density at radius 2 is 1.55 bits per heavy atom. The van der Waals surface area contributed by atoms with Crippen molar-refractivity contribution in [1.29, 1.82) is 0 Å². The summed E-state index contributed by atoms with van der Waals surface area (Å²) < 4.78 is 39.7. The van der Waals surface area contributed by atoms with Crippen LogP contribution in [0.5, 0.6) is 0 Å². The standard InChI is InChI=1S/C11H3Br2Cl2F3N2/c12-4-1-2-5(6(3-4)11(16,17)18)10-19-8(14)7(13)9(15)20-10/h1-3H. The number of benzene rings is 1. The van der Waals surface area contributed by atoms with E-state index in [1.165, 1.54) is 12.1 Å². The zero-order valence-corrected chi connectivity index (χ0v) is 14.0. The first-order valence-electron chi connectivity index (χ1n) is 4.96. The summed E-state index contributed by atoms with van der Waals surface area (Å²) in [4.78, 5) is 7.63. The first kappa shape index (κ1) is 16.0. The second kappa shape index (κ2) is 5.79. The molecule has 0 amide bonds. The molecule has 0 saturated carbocycles. The highest BCUT2D eigenvalue weighted by atomic mass is 79.9. The Labute approximate surface area is 138 Å². The Bertz CT molecular complexity index is 654. The van der Waals surface area contributed by atoms with Crippen LogP contribution >= 0.6 is 55.1 Å². The van der Waals surface area contributed by atoms with Gasteiger partial charge >= 0.3 is 6.18 Å². The maximum Gasteiger partial charge on any atom is 0.417 e. The van der Waals surface area contributed by atoms with Crippen LogP contribution in [-0.4, -0.2) is 9.97 Å². The first-order valence-corrected chi connectivity index (χ1v) is 7.30. The number of rotatable bonds is 1. The molecule has 0 radical (unpaired) electrons. The van der Waals surface area contributed by atoms with Crippen molar-refractivity contribution in [2.75, 3.05) is 0 Å². The van der Waals surface area contributed by atoms with E-state index in [1.54, 1.807) is 0 Å². The van der Waals surface area contributed by atoms with Gasteiger partial charge < -0.3 is 0 Å². The normalized spacial score (nSPS) is 11.8.